The van der Waals surface area contributed by atoms with E-state index in [4.69, 9.17) is 11.5 Å². The highest BCUT2D eigenvalue weighted by atomic mass is 16.2. The van der Waals surface area contributed by atoms with Crippen molar-refractivity contribution in [3.63, 3.8) is 0 Å². The summed E-state index contributed by atoms with van der Waals surface area (Å²) in [5, 5.41) is 3.18. The Hall–Kier alpha value is -3.51. The van der Waals surface area contributed by atoms with E-state index in [2.05, 4.69) is 5.32 Å². The molecule has 0 aliphatic heterocycles. The van der Waals surface area contributed by atoms with Crippen LogP contribution in [0.5, 0.6) is 0 Å². The molecule has 172 valence electrons. The van der Waals surface area contributed by atoms with Gasteiger partial charge in [-0.1, -0.05) is 91.7 Å². The molecule has 0 heterocycles. The first kappa shape index (κ1) is 24.1. The third-order valence-electron chi connectivity index (χ3n) is 6.00. The van der Waals surface area contributed by atoms with E-state index in [1.807, 2.05) is 72.8 Å². The number of rotatable bonds is 11. The van der Waals surface area contributed by atoms with Crippen molar-refractivity contribution < 1.29 is 14.4 Å². The number of nitrogens with two attached hydrogens (primary N) is 2. The lowest BCUT2D eigenvalue weighted by atomic mass is 9.70. The Morgan fingerprint density at radius 1 is 0.909 bits per heavy atom. The highest BCUT2D eigenvalue weighted by molar-refractivity contribution is 5.97. The number of benzene rings is 2. The van der Waals surface area contributed by atoms with Crippen molar-refractivity contribution in [2.75, 3.05) is 0 Å². The SMILES string of the molecule is NC(=O)CCCCCC(N)C(=O)NC(c1ccccc1)(c1ccccc1)C1C=CC=CC1=O. The molecule has 1 aliphatic carbocycles. The van der Waals surface area contributed by atoms with Crippen LogP contribution in [0.25, 0.3) is 0 Å². The van der Waals surface area contributed by atoms with Crippen molar-refractivity contribution in [2.45, 2.75) is 43.7 Å². The highest BCUT2D eigenvalue weighted by Crippen LogP contribution is 2.39. The molecule has 0 spiro atoms. The zero-order valence-electron chi connectivity index (χ0n) is 18.7. The highest BCUT2D eigenvalue weighted by Gasteiger charge is 2.46. The van der Waals surface area contributed by atoms with Gasteiger partial charge in [0, 0.05) is 6.42 Å². The van der Waals surface area contributed by atoms with Crippen LogP contribution < -0.4 is 16.8 Å². The Morgan fingerprint density at radius 3 is 2.06 bits per heavy atom. The van der Waals surface area contributed by atoms with Gasteiger partial charge in [-0.25, -0.2) is 0 Å². The van der Waals surface area contributed by atoms with Gasteiger partial charge in [0.05, 0.1) is 12.0 Å². The molecule has 2 aromatic carbocycles. The van der Waals surface area contributed by atoms with Crippen LogP contribution in [0.15, 0.2) is 85.0 Å². The van der Waals surface area contributed by atoms with E-state index in [0.717, 1.165) is 17.5 Å². The minimum absolute atomic E-state index is 0.0921. The van der Waals surface area contributed by atoms with Gasteiger partial charge < -0.3 is 16.8 Å². The summed E-state index contributed by atoms with van der Waals surface area (Å²) < 4.78 is 0. The summed E-state index contributed by atoms with van der Waals surface area (Å²) in [5.41, 5.74) is 11.9. The Balaban J connectivity index is 1.93. The molecule has 2 atom stereocenters. The van der Waals surface area contributed by atoms with E-state index in [9.17, 15) is 14.4 Å². The fourth-order valence-corrected chi connectivity index (χ4v) is 4.29. The summed E-state index contributed by atoms with van der Waals surface area (Å²) in [6.45, 7) is 0. The maximum Gasteiger partial charge on any atom is 0.237 e. The fraction of sp³-hybridized carbons (Fsp3) is 0.296. The van der Waals surface area contributed by atoms with Gasteiger partial charge in [-0.15, -0.1) is 0 Å². The van der Waals surface area contributed by atoms with E-state index in [0.29, 0.717) is 25.7 Å². The summed E-state index contributed by atoms with van der Waals surface area (Å²) in [7, 11) is 0. The van der Waals surface area contributed by atoms with Crippen molar-refractivity contribution in [2.24, 2.45) is 17.4 Å². The second-order valence-electron chi connectivity index (χ2n) is 8.33. The second kappa shape index (κ2) is 11.4. The third kappa shape index (κ3) is 5.84. The molecule has 0 saturated heterocycles. The zero-order valence-corrected chi connectivity index (χ0v) is 18.7. The number of allylic oxidation sites excluding steroid dienone is 3. The smallest absolute Gasteiger partial charge is 0.237 e. The fourth-order valence-electron chi connectivity index (χ4n) is 4.29. The third-order valence-corrected chi connectivity index (χ3v) is 6.00. The molecule has 3 rings (SSSR count). The molecular formula is C27H31N3O3. The molecule has 0 radical (unpaired) electrons. The van der Waals surface area contributed by atoms with Gasteiger partial charge in [0.25, 0.3) is 0 Å². The van der Waals surface area contributed by atoms with Crippen molar-refractivity contribution in [1.29, 1.82) is 0 Å². The van der Waals surface area contributed by atoms with E-state index < -0.39 is 17.5 Å². The number of carbonyl (C=O) groups excluding carboxylic acids is 3. The summed E-state index contributed by atoms with van der Waals surface area (Å²) in [4.78, 5) is 37.3. The minimum atomic E-state index is -1.11. The number of hydrogen-bond acceptors (Lipinski definition) is 4. The van der Waals surface area contributed by atoms with Gasteiger partial charge >= 0.3 is 0 Å². The largest absolute Gasteiger partial charge is 0.370 e. The minimum Gasteiger partial charge on any atom is -0.370 e. The number of amides is 2. The van der Waals surface area contributed by atoms with Crippen LogP contribution in [0, 0.1) is 5.92 Å². The number of nitrogens with one attached hydrogen (secondary N) is 1. The quantitative estimate of drug-likeness (QED) is 0.461. The van der Waals surface area contributed by atoms with Crippen LogP contribution in [0.1, 0.15) is 43.2 Å². The number of unbranched alkanes of at least 4 members (excludes halogenated alkanes) is 2. The first-order chi connectivity index (χ1) is 15.9. The molecule has 33 heavy (non-hydrogen) atoms. The number of primary amides is 1. The van der Waals surface area contributed by atoms with E-state index in [1.165, 1.54) is 6.08 Å². The predicted octanol–water partition coefficient (Wildman–Crippen LogP) is 3.12. The van der Waals surface area contributed by atoms with Crippen molar-refractivity contribution >= 4 is 17.6 Å². The first-order valence-electron chi connectivity index (χ1n) is 11.3. The molecule has 6 heteroatoms. The molecule has 0 bridgehead atoms. The van der Waals surface area contributed by atoms with Gasteiger partial charge in [0.2, 0.25) is 11.8 Å². The molecular weight excluding hydrogens is 414 g/mol. The normalized spacial score (nSPS) is 16.4. The van der Waals surface area contributed by atoms with Crippen LogP contribution in [0.3, 0.4) is 0 Å². The maximum absolute atomic E-state index is 13.4. The lowest BCUT2D eigenvalue weighted by molar-refractivity contribution is -0.126. The van der Waals surface area contributed by atoms with Crippen LogP contribution in [-0.2, 0) is 19.9 Å². The topological polar surface area (TPSA) is 115 Å². The van der Waals surface area contributed by atoms with Crippen LogP contribution >= 0.6 is 0 Å². The van der Waals surface area contributed by atoms with Gasteiger partial charge in [0.15, 0.2) is 5.78 Å². The van der Waals surface area contributed by atoms with E-state index >= 15 is 0 Å². The number of ketones is 1. The molecule has 2 aromatic rings. The Labute approximate surface area is 194 Å². The average Bonchev–Trinajstić information content (AvgIpc) is 2.83. The summed E-state index contributed by atoms with van der Waals surface area (Å²) in [6.07, 6.45) is 9.85. The second-order valence-corrected chi connectivity index (χ2v) is 8.33. The monoisotopic (exact) mass is 445 g/mol. The summed E-state index contributed by atoms with van der Waals surface area (Å²) in [5.74, 6) is -1.37. The van der Waals surface area contributed by atoms with Gasteiger partial charge in [-0.2, -0.15) is 0 Å². The van der Waals surface area contributed by atoms with Gasteiger partial charge in [-0.3, -0.25) is 14.4 Å². The van der Waals surface area contributed by atoms with Crippen LogP contribution in [-0.4, -0.2) is 23.6 Å². The Bertz CT molecular complexity index is 976. The number of carbonyl (C=O) groups is 3. The molecule has 0 fully saturated rings. The first-order valence-corrected chi connectivity index (χ1v) is 11.3. The van der Waals surface area contributed by atoms with Gasteiger partial charge in [0.1, 0.15) is 5.54 Å². The van der Waals surface area contributed by atoms with Gasteiger partial charge in [-0.05, 0) is 30.0 Å². The Morgan fingerprint density at radius 2 is 1.52 bits per heavy atom. The average molecular weight is 446 g/mol. The van der Waals surface area contributed by atoms with Crippen molar-refractivity contribution in [1.82, 2.24) is 5.32 Å². The summed E-state index contributed by atoms with van der Waals surface area (Å²) in [6, 6.07) is 18.3. The zero-order chi connectivity index (χ0) is 23.7. The van der Waals surface area contributed by atoms with Crippen molar-refractivity contribution in [3.05, 3.63) is 96.1 Å². The van der Waals surface area contributed by atoms with Crippen LogP contribution in [0.4, 0.5) is 0 Å². The molecule has 0 aromatic heterocycles. The molecule has 6 nitrogen and oxygen atoms in total. The lowest BCUT2D eigenvalue weighted by Gasteiger charge is -2.41. The molecule has 2 unspecified atom stereocenters. The predicted molar refractivity (Wildman–Crippen MR) is 129 cm³/mol. The standard InChI is InChI=1S/C27H31N3O3/c28-23(17-8-3-9-19-25(29)32)26(33)30-27(20-12-4-1-5-13-20,21-14-6-2-7-15-21)22-16-10-11-18-24(22)31/h1-2,4-7,10-16,18,22-23H,3,8-9,17,19,28H2,(H2,29,32)(H,30,33). The molecule has 1 aliphatic rings. The van der Waals surface area contributed by atoms with E-state index in [-0.39, 0.29) is 17.6 Å². The Kier molecular flexibility index (Phi) is 8.33. The maximum atomic E-state index is 13.4. The number of hydrogen-bond donors (Lipinski definition) is 3. The van der Waals surface area contributed by atoms with Crippen molar-refractivity contribution in [3.8, 4) is 0 Å². The van der Waals surface area contributed by atoms with E-state index in [1.54, 1.807) is 6.08 Å². The molecule has 0 saturated carbocycles. The lowest BCUT2D eigenvalue weighted by Crippen LogP contribution is -2.57. The van der Waals surface area contributed by atoms with Crippen LogP contribution in [0.2, 0.25) is 0 Å². The summed E-state index contributed by atoms with van der Waals surface area (Å²) >= 11 is 0. The molecule has 2 amide bonds. The molecule has 5 N–H and O–H groups in total.